The highest BCUT2D eigenvalue weighted by Crippen LogP contribution is 2.28. The Kier molecular flexibility index (Phi) is 7.83. The Balaban J connectivity index is 2.09. The lowest BCUT2D eigenvalue weighted by Gasteiger charge is -2.16. The fourth-order valence-electron chi connectivity index (χ4n) is 2.65. The molecule has 152 valence electrons. The fraction of sp³-hybridized carbons (Fsp3) is 0.350. The van der Waals surface area contributed by atoms with E-state index in [4.69, 9.17) is 9.47 Å². The highest BCUT2D eigenvalue weighted by molar-refractivity contribution is 7.89. The summed E-state index contributed by atoms with van der Waals surface area (Å²) in [6.45, 7) is 3.70. The molecule has 2 aromatic rings. The van der Waals surface area contributed by atoms with Gasteiger partial charge >= 0.3 is 6.09 Å². The number of methoxy groups -OCH3 is 1. The van der Waals surface area contributed by atoms with E-state index < -0.39 is 16.1 Å². The van der Waals surface area contributed by atoms with Crippen molar-refractivity contribution in [1.82, 2.24) is 4.72 Å². The predicted molar refractivity (Wildman–Crippen MR) is 108 cm³/mol. The summed E-state index contributed by atoms with van der Waals surface area (Å²) in [5.41, 5.74) is 1.37. The van der Waals surface area contributed by atoms with Crippen molar-refractivity contribution in [2.45, 2.75) is 37.6 Å². The van der Waals surface area contributed by atoms with Crippen molar-refractivity contribution in [1.29, 1.82) is 0 Å². The zero-order valence-electron chi connectivity index (χ0n) is 16.3. The summed E-state index contributed by atoms with van der Waals surface area (Å²) in [7, 11) is -2.32. The second kappa shape index (κ2) is 10.1. The molecule has 8 heteroatoms. The van der Waals surface area contributed by atoms with Crippen molar-refractivity contribution in [2.75, 3.05) is 19.0 Å². The molecule has 2 aromatic carbocycles. The molecular formula is C20H26N2O5S. The normalized spacial score (nSPS) is 12.2. The van der Waals surface area contributed by atoms with Crippen LogP contribution in [0.3, 0.4) is 0 Å². The number of carbonyl (C=O) groups is 1. The molecule has 0 heterocycles. The summed E-state index contributed by atoms with van der Waals surface area (Å²) in [6, 6.07) is 13.9. The molecule has 0 saturated heterocycles. The molecule has 28 heavy (non-hydrogen) atoms. The first-order valence-corrected chi connectivity index (χ1v) is 10.5. The molecule has 0 bridgehead atoms. The summed E-state index contributed by atoms with van der Waals surface area (Å²) in [5, 5.41) is 2.50. The molecule has 2 N–H and O–H groups in total. The molecule has 0 spiro atoms. The second-order valence-corrected chi connectivity index (χ2v) is 7.97. The Morgan fingerprint density at radius 3 is 2.50 bits per heavy atom. The molecule has 0 aliphatic carbocycles. The minimum Gasteiger partial charge on any atom is -0.495 e. The summed E-state index contributed by atoms with van der Waals surface area (Å²) < 4.78 is 38.1. The highest BCUT2D eigenvalue weighted by atomic mass is 32.2. The number of amides is 1. The maximum absolute atomic E-state index is 12.7. The van der Waals surface area contributed by atoms with E-state index in [2.05, 4.69) is 10.0 Å². The van der Waals surface area contributed by atoms with E-state index in [1.165, 1.54) is 25.3 Å². The zero-order chi connectivity index (χ0) is 20.6. The van der Waals surface area contributed by atoms with Gasteiger partial charge in [-0.3, -0.25) is 5.32 Å². The maximum Gasteiger partial charge on any atom is 0.411 e. The lowest BCUT2D eigenvalue weighted by atomic mass is 10.1. The Hall–Kier alpha value is -2.58. The van der Waals surface area contributed by atoms with Gasteiger partial charge in [0, 0.05) is 6.04 Å². The average molecular weight is 407 g/mol. The van der Waals surface area contributed by atoms with Gasteiger partial charge in [0.25, 0.3) is 0 Å². The lowest BCUT2D eigenvalue weighted by molar-refractivity contribution is 0.168. The summed E-state index contributed by atoms with van der Waals surface area (Å²) in [5.74, 6) is 0.337. The monoisotopic (exact) mass is 406 g/mol. The van der Waals surface area contributed by atoms with Gasteiger partial charge in [0.15, 0.2) is 0 Å². The van der Waals surface area contributed by atoms with Crippen molar-refractivity contribution in [3.8, 4) is 5.75 Å². The first-order chi connectivity index (χ1) is 13.4. The number of carbonyl (C=O) groups excluding carboxylic acids is 1. The predicted octanol–water partition coefficient (Wildman–Crippen LogP) is 3.56. The first-order valence-electron chi connectivity index (χ1n) is 9.03. The second-order valence-electron chi connectivity index (χ2n) is 6.25. The van der Waals surface area contributed by atoms with Crippen LogP contribution in [0.5, 0.6) is 5.75 Å². The Bertz CT molecular complexity index is 885. The van der Waals surface area contributed by atoms with Crippen LogP contribution in [0.1, 0.15) is 25.8 Å². The summed E-state index contributed by atoms with van der Waals surface area (Å²) in [6.07, 6.45) is 0.746. The number of rotatable bonds is 9. The molecule has 0 fully saturated rings. The number of hydrogen-bond acceptors (Lipinski definition) is 5. The van der Waals surface area contributed by atoms with Crippen LogP contribution in [-0.2, 0) is 21.2 Å². The highest BCUT2D eigenvalue weighted by Gasteiger charge is 2.20. The van der Waals surface area contributed by atoms with Crippen LogP contribution in [-0.4, -0.2) is 34.3 Å². The fourth-order valence-corrected chi connectivity index (χ4v) is 3.95. The van der Waals surface area contributed by atoms with Crippen LogP contribution < -0.4 is 14.8 Å². The molecule has 2 rings (SSSR count). The van der Waals surface area contributed by atoms with Gasteiger partial charge in [0.1, 0.15) is 5.75 Å². The number of nitrogens with one attached hydrogen (secondary N) is 2. The number of benzene rings is 2. The van der Waals surface area contributed by atoms with Crippen LogP contribution in [0.25, 0.3) is 0 Å². The van der Waals surface area contributed by atoms with Crippen LogP contribution in [0, 0.1) is 0 Å². The van der Waals surface area contributed by atoms with Gasteiger partial charge in [-0.15, -0.1) is 0 Å². The number of ether oxygens (including phenoxy) is 2. The van der Waals surface area contributed by atoms with Gasteiger partial charge in [0.2, 0.25) is 10.0 Å². The van der Waals surface area contributed by atoms with E-state index in [-0.39, 0.29) is 23.2 Å². The Morgan fingerprint density at radius 1 is 1.14 bits per heavy atom. The SMILES string of the molecule is CCOC(=O)Nc1cc(S(=O)(=O)N[C@H](C)CCc2ccccc2)ccc1OC. The van der Waals surface area contributed by atoms with E-state index in [9.17, 15) is 13.2 Å². The largest absolute Gasteiger partial charge is 0.495 e. The molecule has 0 saturated carbocycles. The third-order valence-electron chi connectivity index (χ3n) is 4.06. The average Bonchev–Trinajstić information content (AvgIpc) is 2.67. The molecule has 0 aliphatic rings. The van der Waals surface area contributed by atoms with Crippen molar-refractivity contribution in [2.24, 2.45) is 0 Å². The van der Waals surface area contributed by atoms with Gasteiger partial charge in [0.05, 0.1) is 24.3 Å². The standard InChI is InChI=1S/C20H26N2O5S/c1-4-27-20(23)21-18-14-17(12-13-19(18)26-3)28(24,25)22-15(2)10-11-16-8-6-5-7-9-16/h5-9,12-15,22H,4,10-11H2,1-3H3,(H,21,23)/t15-/m1/s1. The van der Waals surface area contributed by atoms with Gasteiger partial charge in [-0.25, -0.2) is 17.9 Å². The molecule has 0 aliphatic heterocycles. The van der Waals surface area contributed by atoms with Crippen molar-refractivity contribution < 1.29 is 22.7 Å². The van der Waals surface area contributed by atoms with Gasteiger partial charge in [-0.1, -0.05) is 30.3 Å². The smallest absolute Gasteiger partial charge is 0.411 e. The van der Waals surface area contributed by atoms with Gasteiger partial charge < -0.3 is 9.47 Å². The van der Waals surface area contributed by atoms with Crippen LogP contribution in [0.15, 0.2) is 53.4 Å². The quantitative estimate of drug-likeness (QED) is 0.664. The zero-order valence-corrected chi connectivity index (χ0v) is 17.1. The van der Waals surface area contributed by atoms with Gasteiger partial charge in [-0.2, -0.15) is 0 Å². The molecule has 0 radical (unpaired) electrons. The topological polar surface area (TPSA) is 93.7 Å². The first kappa shape index (κ1) is 21.7. The van der Waals surface area contributed by atoms with E-state index in [0.29, 0.717) is 12.2 Å². The van der Waals surface area contributed by atoms with E-state index in [1.807, 2.05) is 37.3 Å². The molecule has 1 amide bonds. The van der Waals surface area contributed by atoms with E-state index in [1.54, 1.807) is 6.92 Å². The van der Waals surface area contributed by atoms with Crippen LogP contribution >= 0.6 is 0 Å². The number of anilines is 1. The molecule has 0 unspecified atom stereocenters. The van der Waals surface area contributed by atoms with E-state index >= 15 is 0 Å². The minimum absolute atomic E-state index is 0.0339. The summed E-state index contributed by atoms with van der Waals surface area (Å²) in [4.78, 5) is 11.7. The molecule has 0 aromatic heterocycles. The Labute approximate surface area is 166 Å². The number of hydrogen-bond donors (Lipinski definition) is 2. The minimum atomic E-state index is -3.76. The van der Waals surface area contributed by atoms with Crippen LogP contribution in [0.4, 0.5) is 10.5 Å². The number of sulfonamides is 1. The van der Waals surface area contributed by atoms with Gasteiger partial charge in [-0.05, 0) is 50.5 Å². The maximum atomic E-state index is 12.7. The molecule has 1 atom stereocenters. The Morgan fingerprint density at radius 2 is 1.86 bits per heavy atom. The third-order valence-corrected chi connectivity index (χ3v) is 5.65. The molecular weight excluding hydrogens is 380 g/mol. The van der Waals surface area contributed by atoms with Crippen molar-refractivity contribution in [3.05, 3.63) is 54.1 Å². The van der Waals surface area contributed by atoms with Crippen molar-refractivity contribution in [3.63, 3.8) is 0 Å². The number of aryl methyl sites for hydroxylation is 1. The van der Waals surface area contributed by atoms with E-state index in [0.717, 1.165) is 12.0 Å². The lowest BCUT2D eigenvalue weighted by Crippen LogP contribution is -2.33. The molecule has 7 nitrogen and oxygen atoms in total. The van der Waals surface area contributed by atoms with Crippen LogP contribution in [0.2, 0.25) is 0 Å². The summed E-state index contributed by atoms with van der Waals surface area (Å²) >= 11 is 0. The van der Waals surface area contributed by atoms with Crippen molar-refractivity contribution >= 4 is 21.8 Å². The third kappa shape index (κ3) is 6.24.